The third-order valence-electron chi connectivity index (χ3n) is 4.32. The van der Waals surface area contributed by atoms with Crippen molar-refractivity contribution in [2.24, 2.45) is 5.73 Å². The summed E-state index contributed by atoms with van der Waals surface area (Å²) in [6.07, 6.45) is 1.83. The number of aromatic nitrogens is 1. The summed E-state index contributed by atoms with van der Waals surface area (Å²) in [5.74, 6) is -0.323. The zero-order valence-electron chi connectivity index (χ0n) is 12.3. The lowest BCUT2D eigenvalue weighted by Crippen LogP contribution is -2.45. The summed E-state index contributed by atoms with van der Waals surface area (Å²) in [6.45, 7) is 7.93. The molecule has 0 unspecified atom stereocenters. The molecule has 5 heteroatoms. The van der Waals surface area contributed by atoms with Crippen molar-refractivity contribution >= 4 is 5.69 Å². The number of ether oxygens (including phenoxy) is 2. The fourth-order valence-electron chi connectivity index (χ4n) is 3.24. The van der Waals surface area contributed by atoms with E-state index >= 15 is 0 Å². The average molecular weight is 277 g/mol. The van der Waals surface area contributed by atoms with Gasteiger partial charge in [-0.1, -0.05) is 0 Å². The minimum absolute atomic E-state index is 0.323. The summed E-state index contributed by atoms with van der Waals surface area (Å²) >= 11 is 0. The first-order valence-corrected chi connectivity index (χ1v) is 7.34. The van der Waals surface area contributed by atoms with E-state index in [-0.39, 0.29) is 5.79 Å². The summed E-state index contributed by atoms with van der Waals surface area (Å²) in [4.78, 5) is 6.90. The molecule has 2 aliphatic heterocycles. The van der Waals surface area contributed by atoms with E-state index in [2.05, 4.69) is 16.0 Å². The van der Waals surface area contributed by atoms with Crippen LogP contribution in [0.25, 0.3) is 0 Å². The average Bonchev–Trinajstić information content (AvgIpc) is 2.87. The molecular formula is C15H23N3O2. The second-order valence-electron chi connectivity index (χ2n) is 5.65. The Hall–Kier alpha value is -1.17. The second kappa shape index (κ2) is 5.31. The van der Waals surface area contributed by atoms with Crippen LogP contribution in [-0.2, 0) is 16.0 Å². The predicted molar refractivity (Wildman–Crippen MR) is 77.7 cm³/mol. The van der Waals surface area contributed by atoms with Gasteiger partial charge in [0.1, 0.15) is 0 Å². The lowest BCUT2D eigenvalue weighted by molar-refractivity contribution is -0.169. The summed E-state index contributed by atoms with van der Waals surface area (Å²) in [5, 5.41) is 0. The van der Waals surface area contributed by atoms with Crippen LogP contribution >= 0.6 is 0 Å². The highest BCUT2D eigenvalue weighted by Gasteiger charge is 2.40. The Bertz CT molecular complexity index is 488. The van der Waals surface area contributed by atoms with Gasteiger partial charge in [-0.05, 0) is 19.9 Å². The van der Waals surface area contributed by atoms with Crippen molar-refractivity contribution in [3.8, 4) is 0 Å². The maximum atomic E-state index is 5.91. The smallest absolute Gasteiger partial charge is 0.171 e. The van der Waals surface area contributed by atoms with Gasteiger partial charge in [-0.2, -0.15) is 0 Å². The number of rotatable bonds is 2. The van der Waals surface area contributed by atoms with Gasteiger partial charge in [0.25, 0.3) is 0 Å². The maximum Gasteiger partial charge on any atom is 0.171 e. The highest BCUT2D eigenvalue weighted by Crippen LogP contribution is 2.34. The van der Waals surface area contributed by atoms with E-state index in [4.69, 9.17) is 15.2 Å². The number of aryl methyl sites for hydroxylation is 2. The van der Waals surface area contributed by atoms with Gasteiger partial charge < -0.3 is 20.1 Å². The number of hydrogen-bond acceptors (Lipinski definition) is 5. The molecule has 2 aliphatic rings. The first-order chi connectivity index (χ1) is 9.63. The molecule has 0 atom stereocenters. The van der Waals surface area contributed by atoms with Crippen molar-refractivity contribution < 1.29 is 9.47 Å². The van der Waals surface area contributed by atoms with Gasteiger partial charge >= 0.3 is 0 Å². The van der Waals surface area contributed by atoms with Crippen molar-refractivity contribution in [3.63, 3.8) is 0 Å². The van der Waals surface area contributed by atoms with Gasteiger partial charge in [0.05, 0.1) is 13.2 Å². The third-order valence-corrected chi connectivity index (χ3v) is 4.32. The zero-order valence-corrected chi connectivity index (χ0v) is 12.3. The molecule has 2 N–H and O–H groups in total. The highest BCUT2D eigenvalue weighted by molar-refractivity contribution is 5.56. The number of pyridine rings is 1. The molecule has 3 heterocycles. The van der Waals surface area contributed by atoms with E-state index in [9.17, 15) is 0 Å². The van der Waals surface area contributed by atoms with Gasteiger partial charge in [0.2, 0.25) is 0 Å². The monoisotopic (exact) mass is 277 g/mol. The van der Waals surface area contributed by atoms with E-state index in [0.29, 0.717) is 6.54 Å². The Labute approximate surface area is 120 Å². The van der Waals surface area contributed by atoms with E-state index in [0.717, 1.165) is 56.1 Å². The second-order valence-corrected chi connectivity index (χ2v) is 5.65. The van der Waals surface area contributed by atoms with Crippen molar-refractivity contribution in [1.82, 2.24) is 4.98 Å². The highest BCUT2D eigenvalue weighted by atomic mass is 16.7. The molecule has 3 rings (SSSR count). The number of nitrogens with two attached hydrogens (primary N) is 1. The molecule has 0 radical (unpaired) electrons. The topological polar surface area (TPSA) is 60.6 Å². The summed E-state index contributed by atoms with van der Waals surface area (Å²) in [7, 11) is 0. The van der Waals surface area contributed by atoms with Crippen molar-refractivity contribution in [2.75, 3.05) is 31.2 Å². The van der Waals surface area contributed by atoms with Gasteiger partial charge in [0.15, 0.2) is 5.79 Å². The summed E-state index contributed by atoms with van der Waals surface area (Å²) in [5.41, 5.74) is 10.4. The Morgan fingerprint density at radius 1 is 1.25 bits per heavy atom. The van der Waals surface area contributed by atoms with Gasteiger partial charge in [-0.3, -0.25) is 4.98 Å². The Morgan fingerprint density at radius 3 is 2.50 bits per heavy atom. The van der Waals surface area contributed by atoms with Crippen LogP contribution in [0.1, 0.15) is 29.8 Å². The minimum atomic E-state index is -0.323. The van der Waals surface area contributed by atoms with Crippen molar-refractivity contribution in [2.45, 2.75) is 39.0 Å². The molecular weight excluding hydrogens is 254 g/mol. The number of anilines is 1. The quantitative estimate of drug-likeness (QED) is 0.887. The predicted octanol–water partition coefficient (Wildman–Crippen LogP) is 1.50. The van der Waals surface area contributed by atoms with E-state index in [1.54, 1.807) is 0 Å². The molecule has 2 fully saturated rings. The zero-order chi connectivity index (χ0) is 14.2. The van der Waals surface area contributed by atoms with Crippen LogP contribution in [-0.4, -0.2) is 37.1 Å². The molecule has 0 aromatic carbocycles. The third kappa shape index (κ3) is 2.41. The van der Waals surface area contributed by atoms with Gasteiger partial charge in [0, 0.05) is 55.1 Å². The Balaban J connectivity index is 1.81. The largest absolute Gasteiger partial charge is 0.371 e. The molecule has 1 spiro atoms. The van der Waals surface area contributed by atoms with Crippen LogP contribution in [0, 0.1) is 13.8 Å². The van der Waals surface area contributed by atoms with Crippen LogP contribution in [0.3, 0.4) is 0 Å². The fourth-order valence-corrected chi connectivity index (χ4v) is 3.24. The minimum Gasteiger partial charge on any atom is -0.371 e. The molecule has 0 saturated carbocycles. The van der Waals surface area contributed by atoms with E-state index < -0.39 is 0 Å². The molecule has 1 aromatic heterocycles. The lowest BCUT2D eigenvalue weighted by Gasteiger charge is -2.39. The molecule has 0 aliphatic carbocycles. The normalized spacial score (nSPS) is 21.6. The Morgan fingerprint density at radius 2 is 1.90 bits per heavy atom. The van der Waals surface area contributed by atoms with Crippen LogP contribution in [0.4, 0.5) is 5.69 Å². The summed E-state index contributed by atoms with van der Waals surface area (Å²) in [6, 6.07) is 2.14. The van der Waals surface area contributed by atoms with Crippen molar-refractivity contribution in [1.29, 1.82) is 0 Å². The van der Waals surface area contributed by atoms with Crippen LogP contribution in [0.5, 0.6) is 0 Å². The van der Waals surface area contributed by atoms with E-state index in [1.807, 2.05) is 13.8 Å². The fraction of sp³-hybridized carbons (Fsp3) is 0.667. The first kappa shape index (κ1) is 13.8. The van der Waals surface area contributed by atoms with Gasteiger partial charge in [-0.15, -0.1) is 0 Å². The van der Waals surface area contributed by atoms with E-state index in [1.165, 1.54) is 5.69 Å². The Kier molecular flexibility index (Phi) is 3.67. The standard InChI is InChI=1S/C15H23N3O2/c1-11-9-14(13(10-16)12(2)17-11)18-5-3-15(4-6-18)19-7-8-20-15/h9H,3-8,10,16H2,1-2H3. The first-order valence-electron chi connectivity index (χ1n) is 7.34. The molecule has 110 valence electrons. The van der Waals surface area contributed by atoms with Crippen LogP contribution in [0.2, 0.25) is 0 Å². The molecule has 5 nitrogen and oxygen atoms in total. The van der Waals surface area contributed by atoms with Crippen LogP contribution < -0.4 is 10.6 Å². The number of nitrogens with zero attached hydrogens (tertiary/aromatic N) is 2. The maximum absolute atomic E-state index is 5.91. The molecule has 1 aromatic rings. The van der Waals surface area contributed by atoms with Crippen molar-refractivity contribution in [3.05, 3.63) is 23.0 Å². The molecule has 0 bridgehead atoms. The molecule has 20 heavy (non-hydrogen) atoms. The van der Waals surface area contributed by atoms with Crippen LogP contribution in [0.15, 0.2) is 6.07 Å². The molecule has 0 amide bonds. The number of piperidine rings is 1. The SMILES string of the molecule is Cc1cc(N2CCC3(CC2)OCCO3)c(CN)c(C)n1. The summed E-state index contributed by atoms with van der Waals surface area (Å²) < 4.78 is 11.6. The lowest BCUT2D eigenvalue weighted by atomic mass is 10.0. The molecule has 2 saturated heterocycles. The van der Waals surface area contributed by atoms with Gasteiger partial charge in [-0.25, -0.2) is 0 Å². The number of hydrogen-bond donors (Lipinski definition) is 1.